The van der Waals surface area contributed by atoms with E-state index in [0.717, 1.165) is 22.1 Å². The van der Waals surface area contributed by atoms with Crippen LogP contribution in [0.4, 0.5) is 0 Å². The van der Waals surface area contributed by atoms with Gasteiger partial charge in [-0.1, -0.05) is 0 Å². The second-order valence-electron chi connectivity index (χ2n) is 5.49. The minimum absolute atomic E-state index is 0.0631. The number of carbonyl (C=O) groups is 1. The van der Waals surface area contributed by atoms with Crippen LogP contribution in [0.15, 0.2) is 44.2 Å². The summed E-state index contributed by atoms with van der Waals surface area (Å²) < 4.78 is 10.6. The molecule has 2 heterocycles. The van der Waals surface area contributed by atoms with Crippen LogP contribution in [-0.2, 0) is 22.6 Å². The van der Waals surface area contributed by atoms with Crippen molar-refractivity contribution in [2.75, 3.05) is 0 Å². The highest BCUT2D eigenvalue weighted by atomic mass is 32.1. The van der Waals surface area contributed by atoms with Gasteiger partial charge >= 0.3 is 11.6 Å². The van der Waals surface area contributed by atoms with Crippen LogP contribution >= 0.6 is 11.3 Å². The summed E-state index contributed by atoms with van der Waals surface area (Å²) in [6.45, 7) is 4.02. The lowest BCUT2D eigenvalue weighted by molar-refractivity contribution is -0.144. The Bertz CT molecular complexity index is 907. The summed E-state index contributed by atoms with van der Waals surface area (Å²) in [6, 6.07) is 7.07. The van der Waals surface area contributed by atoms with Gasteiger partial charge < -0.3 is 9.15 Å². The van der Waals surface area contributed by atoms with Crippen molar-refractivity contribution < 1.29 is 13.9 Å². The Labute approximate surface area is 137 Å². The highest BCUT2D eigenvalue weighted by Gasteiger charge is 2.11. The van der Waals surface area contributed by atoms with Crippen LogP contribution < -0.4 is 5.63 Å². The van der Waals surface area contributed by atoms with Crippen LogP contribution in [0.25, 0.3) is 11.0 Å². The van der Waals surface area contributed by atoms with Crippen LogP contribution in [-0.4, -0.2) is 5.97 Å². The summed E-state index contributed by atoms with van der Waals surface area (Å²) in [4.78, 5) is 23.6. The van der Waals surface area contributed by atoms with Gasteiger partial charge in [0.15, 0.2) is 0 Å². The largest absolute Gasteiger partial charge is 0.461 e. The number of fused-ring (bicyclic) bond motifs is 1. The summed E-state index contributed by atoms with van der Waals surface area (Å²) in [5.74, 6) is -0.311. The zero-order valence-electron chi connectivity index (χ0n) is 12.9. The topological polar surface area (TPSA) is 56.5 Å². The molecule has 0 spiro atoms. The van der Waals surface area contributed by atoms with Crippen LogP contribution in [0, 0.1) is 13.8 Å². The fourth-order valence-corrected chi connectivity index (χ4v) is 3.04. The summed E-state index contributed by atoms with van der Waals surface area (Å²) >= 11 is 1.54. The number of aryl methyl sites for hydroxylation is 2. The molecule has 0 N–H and O–H groups in total. The molecule has 118 valence electrons. The predicted octanol–water partition coefficient (Wildman–Crippen LogP) is 3.76. The van der Waals surface area contributed by atoms with Gasteiger partial charge in [-0.25, -0.2) is 4.79 Å². The Hall–Kier alpha value is -2.40. The number of hydrogen-bond acceptors (Lipinski definition) is 5. The quantitative estimate of drug-likeness (QED) is 0.540. The molecule has 0 atom stereocenters. The van der Waals surface area contributed by atoms with Crippen molar-refractivity contribution in [3.05, 3.63) is 67.7 Å². The van der Waals surface area contributed by atoms with Crippen molar-refractivity contribution in [1.29, 1.82) is 0 Å². The molecule has 2 aromatic heterocycles. The van der Waals surface area contributed by atoms with Crippen LogP contribution in [0.1, 0.15) is 22.3 Å². The molecule has 3 rings (SSSR count). The molecule has 4 nitrogen and oxygen atoms in total. The van der Waals surface area contributed by atoms with E-state index >= 15 is 0 Å². The number of thiophene rings is 1. The number of ether oxygens (including phenoxy) is 1. The summed E-state index contributed by atoms with van der Waals surface area (Å²) in [7, 11) is 0. The predicted molar refractivity (Wildman–Crippen MR) is 89.8 cm³/mol. The van der Waals surface area contributed by atoms with Gasteiger partial charge in [-0.05, 0) is 59.5 Å². The van der Waals surface area contributed by atoms with Gasteiger partial charge in [0.2, 0.25) is 0 Å². The van der Waals surface area contributed by atoms with Gasteiger partial charge in [0.25, 0.3) is 0 Å². The molecule has 0 fully saturated rings. The van der Waals surface area contributed by atoms with Gasteiger partial charge in [-0.15, -0.1) is 0 Å². The zero-order chi connectivity index (χ0) is 16.4. The van der Waals surface area contributed by atoms with Crippen molar-refractivity contribution in [2.45, 2.75) is 26.9 Å². The minimum atomic E-state index is -0.440. The number of esters is 1. The molecular weight excluding hydrogens is 312 g/mol. The lowest BCUT2D eigenvalue weighted by Gasteiger charge is -2.09. The highest BCUT2D eigenvalue weighted by Crippen LogP contribution is 2.22. The van der Waals surface area contributed by atoms with Crippen molar-refractivity contribution in [3.63, 3.8) is 0 Å². The molecule has 0 radical (unpaired) electrons. The molecule has 0 aliphatic rings. The van der Waals surface area contributed by atoms with Crippen LogP contribution in [0.5, 0.6) is 0 Å². The molecule has 0 aliphatic heterocycles. The van der Waals surface area contributed by atoms with E-state index in [1.54, 1.807) is 11.3 Å². The van der Waals surface area contributed by atoms with Crippen LogP contribution in [0.3, 0.4) is 0 Å². The molecule has 1 aromatic carbocycles. The van der Waals surface area contributed by atoms with E-state index in [-0.39, 0.29) is 19.0 Å². The van der Waals surface area contributed by atoms with E-state index in [1.807, 2.05) is 42.8 Å². The molecule has 23 heavy (non-hydrogen) atoms. The van der Waals surface area contributed by atoms with E-state index in [4.69, 9.17) is 9.15 Å². The lowest BCUT2D eigenvalue weighted by atomic mass is 10.0. The maximum atomic E-state index is 11.9. The van der Waals surface area contributed by atoms with Crippen molar-refractivity contribution in [3.8, 4) is 0 Å². The Morgan fingerprint density at radius 3 is 2.74 bits per heavy atom. The van der Waals surface area contributed by atoms with E-state index in [1.165, 1.54) is 6.07 Å². The first kappa shape index (κ1) is 15.5. The smallest absolute Gasteiger partial charge is 0.336 e. The van der Waals surface area contributed by atoms with Gasteiger partial charge in [0.1, 0.15) is 12.2 Å². The number of hydrogen-bond donors (Lipinski definition) is 0. The lowest BCUT2D eigenvalue weighted by Crippen LogP contribution is -2.09. The van der Waals surface area contributed by atoms with E-state index in [2.05, 4.69) is 0 Å². The third kappa shape index (κ3) is 3.51. The van der Waals surface area contributed by atoms with Gasteiger partial charge in [0.05, 0.1) is 6.42 Å². The molecule has 0 aliphatic carbocycles. The molecule has 0 saturated heterocycles. The summed E-state index contributed by atoms with van der Waals surface area (Å²) in [5.41, 5.74) is 3.82. The van der Waals surface area contributed by atoms with E-state index < -0.39 is 5.63 Å². The molecular formula is C18H16O4S. The fourth-order valence-electron chi connectivity index (χ4n) is 2.37. The normalized spacial score (nSPS) is 10.9. The average Bonchev–Trinajstić information content (AvgIpc) is 2.99. The first-order chi connectivity index (χ1) is 11.0. The van der Waals surface area contributed by atoms with Gasteiger partial charge in [0, 0.05) is 17.0 Å². The van der Waals surface area contributed by atoms with E-state index in [0.29, 0.717) is 11.1 Å². The first-order valence-corrected chi connectivity index (χ1v) is 8.18. The molecule has 0 amide bonds. The second kappa shape index (κ2) is 6.38. The third-order valence-electron chi connectivity index (χ3n) is 3.76. The van der Waals surface area contributed by atoms with Crippen LogP contribution in [0.2, 0.25) is 0 Å². The Kier molecular flexibility index (Phi) is 4.30. The molecule has 0 bridgehead atoms. The maximum Gasteiger partial charge on any atom is 0.336 e. The average molecular weight is 328 g/mol. The van der Waals surface area contributed by atoms with Crippen molar-refractivity contribution in [2.24, 2.45) is 0 Å². The Balaban J connectivity index is 1.83. The molecule has 5 heteroatoms. The number of rotatable bonds is 4. The molecule has 0 saturated carbocycles. The maximum absolute atomic E-state index is 11.9. The monoisotopic (exact) mass is 328 g/mol. The Morgan fingerprint density at radius 1 is 1.22 bits per heavy atom. The number of carbonyl (C=O) groups excluding carboxylic acids is 1. The summed E-state index contributed by atoms with van der Waals surface area (Å²) in [5, 5.41) is 4.64. The van der Waals surface area contributed by atoms with Crippen molar-refractivity contribution in [1.82, 2.24) is 0 Å². The van der Waals surface area contributed by atoms with Gasteiger partial charge in [-0.3, -0.25) is 4.79 Å². The number of benzene rings is 1. The Morgan fingerprint density at radius 2 is 2.00 bits per heavy atom. The minimum Gasteiger partial charge on any atom is -0.461 e. The van der Waals surface area contributed by atoms with Crippen molar-refractivity contribution >= 4 is 28.3 Å². The molecule has 3 aromatic rings. The molecule has 0 unspecified atom stereocenters. The zero-order valence-corrected chi connectivity index (χ0v) is 13.7. The standard InChI is InChI=1S/C18H16O4S/c1-11-5-15-14(8-18(20)22-16(15)6-12(11)2)9-21-17(19)7-13-3-4-23-10-13/h3-6,8,10H,7,9H2,1-2H3. The highest BCUT2D eigenvalue weighted by molar-refractivity contribution is 7.07. The second-order valence-corrected chi connectivity index (χ2v) is 6.27. The van der Waals surface area contributed by atoms with Gasteiger partial charge in [-0.2, -0.15) is 11.3 Å². The first-order valence-electron chi connectivity index (χ1n) is 7.23. The van der Waals surface area contributed by atoms with E-state index in [9.17, 15) is 9.59 Å². The fraction of sp³-hybridized carbons (Fsp3) is 0.222. The SMILES string of the molecule is Cc1cc2oc(=O)cc(COC(=O)Cc3ccsc3)c2cc1C. The summed E-state index contributed by atoms with van der Waals surface area (Å²) in [6.07, 6.45) is 0.237. The third-order valence-corrected chi connectivity index (χ3v) is 4.49.